The lowest BCUT2D eigenvalue weighted by Crippen LogP contribution is -2.36. The van der Waals surface area contributed by atoms with Gasteiger partial charge in [-0.25, -0.2) is 9.18 Å². The van der Waals surface area contributed by atoms with Crippen LogP contribution in [-0.4, -0.2) is 21.6 Å². The first-order valence-electron chi connectivity index (χ1n) is 5.82. The second-order valence-corrected chi connectivity index (χ2v) is 5.44. The predicted octanol–water partition coefficient (Wildman–Crippen LogP) is 2.36. The Bertz CT molecular complexity index is 725. The van der Waals surface area contributed by atoms with E-state index in [0.29, 0.717) is 17.9 Å². The molecule has 0 unspecified atom stereocenters. The van der Waals surface area contributed by atoms with Crippen LogP contribution < -0.4 is 11.2 Å². The van der Waals surface area contributed by atoms with Gasteiger partial charge in [-0.3, -0.25) is 14.3 Å². The van der Waals surface area contributed by atoms with Crippen LogP contribution in [0.2, 0.25) is 5.15 Å². The number of hydrogen-bond donors (Lipinski definition) is 1. The van der Waals surface area contributed by atoms with Crippen molar-refractivity contribution in [3.63, 3.8) is 0 Å². The number of thioether (sulfide) groups is 1. The van der Waals surface area contributed by atoms with Crippen LogP contribution in [-0.2, 0) is 6.54 Å². The van der Waals surface area contributed by atoms with Crippen molar-refractivity contribution in [2.75, 3.05) is 12.0 Å². The minimum atomic E-state index is -0.542. The topological polar surface area (TPSA) is 54.9 Å². The minimum absolute atomic E-state index is 0.0352. The molecule has 0 radical (unpaired) electrons. The molecule has 1 aromatic carbocycles. The van der Waals surface area contributed by atoms with Gasteiger partial charge >= 0.3 is 5.69 Å². The molecule has 1 aromatic heterocycles. The zero-order valence-electron chi connectivity index (χ0n) is 10.7. The van der Waals surface area contributed by atoms with E-state index in [9.17, 15) is 14.0 Å². The van der Waals surface area contributed by atoms with Gasteiger partial charge in [0.1, 0.15) is 11.0 Å². The van der Waals surface area contributed by atoms with Gasteiger partial charge in [-0.05, 0) is 24.0 Å². The van der Waals surface area contributed by atoms with E-state index in [4.69, 9.17) is 11.6 Å². The largest absolute Gasteiger partial charge is 0.329 e. The Morgan fingerprint density at radius 1 is 1.30 bits per heavy atom. The Hall–Kier alpha value is -1.53. The molecule has 0 fully saturated rings. The van der Waals surface area contributed by atoms with Crippen LogP contribution >= 0.6 is 23.4 Å². The molecule has 0 aliphatic carbocycles. The fourth-order valence-corrected chi connectivity index (χ4v) is 2.43. The molecule has 2 aromatic rings. The SMILES string of the molecule is CSCCn1c(=O)[nH]c(Cl)c(-c2ccc(F)cc2)c1=O. The number of benzene rings is 1. The second-order valence-electron chi connectivity index (χ2n) is 4.08. The second kappa shape index (κ2) is 6.28. The summed E-state index contributed by atoms with van der Waals surface area (Å²) in [5, 5.41) is -0.0352. The molecule has 20 heavy (non-hydrogen) atoms. The molecule has 0 aliphatic heterocycles. The molecule has 0 spiro atoms. The van der Waals surface area contributed by atoms with Crippen LogP contribution in [0.4, 0.5) is 4.39 Å². The number of rotatable bonds is 4. The Morgan fingerprint density at radius 3 is 2.55 bits per heavy atom. The maximum atomic E-state index is 12.9. The summed E-state index contributed by atoms with van der Waals surface area (Å²) < 4.78 is 14.0. The van der Waals surface area contributed by atoms with Crippen molar-refractivity contribution < 1.29 is 4.39 Å². The van der Waals surface area contributed by atoms with E-state index in [0.717, 1.165) is 4.57 Å². The lowest BCUT2D eigenvalue weighted by molar-refractivity contribution is 0.628. The van der Waals surface area contributed by atoms with Gasteiger partial charge in [-0.2, -0.15) is 11.8 Å². The van der Waals surface area contributed by atoms with Crippen LogP contribution in [0, 0.1) is 5.82 Å². The highest BCUT2D eigenvalue weighted by atomic mass is 35.5. The molecule has 0 saturated carbocycles. The first-order chi connectivity index (χ1) is 9.54. The van der Waals surface area contributed by atoms with Crippen molar-refractivity contribution in [3.05, 3.63) is 56.1 Å². The fraction of sp³-hybridized carbons (Fsp3) is 0.231. The summed E-state index contributed by atoms with van der Waals surface area (Å²) in [5.74, 6) is 0.227. The van der Waals surface area contributed by atoms with E-state index in [-0.39, 0.29) is 10.7 Å². The number of aromatic amines is 1. The smallest absolute Gasteiger partial charge is 0.297 e. The molecule has 0 saturated heterocycles. The number of halogens is 2. The molecule has 0 amide bonds. The average Bonchev–Trinajstić information content (AvgIpc) is 2.40. The normalized spacial score (nSPS) is 10.8. The summed E-state index contributed by atoms with van der Waals surface area (Å²) in [6.07, 6.45) is 1.88. The van der Waals surface area contributed by atoms with Crippen LogP contribution in [0.3, 0.4) is 0 Å². The van der Waals surface area contributed by atoms with Crippen molar-refractivity contribution >= 4 is 23.4 Å². The molecule has 0 atom stereocenters. The summed E-state index contributed by atoms with van der Waals surface area (Å²) >= 11 is 7.47. The maximum Gasteiger partial charge on any atom is 0.329 e. The maximum absolute atomic E-state index is 12.9. The fourth-order valence-electron chi connectivity index (χ4n) is 1.80. The molecule has 0 aliphatic rings. The molecular weight excluding hydrogens is 303 g/mol. The highest BCUT2D eigenvalue weighted by Crippen LogP contribution is 2.21. The van der Waals surface area contributed by atoms with E-state index in [1.165, 1.54) is 36.0 Å². The van der Waals surface area contributed by atoms with E-state index in [1.54, 1.807) is 0 Å². The van der Waals surface area contributed by atoms with Crippen LogP contribution in [0.25, 0.3) is 11.1 Å². The standard InChI is InChI=1S/C13H12ClFN2O2S/c1-20-7-6-17-12(18)10(11(14)16-13(17)19)8-2-4-9(15)5-3-8/h2-5H,6-7H2,1H3,(H,16,19). The van der Waals surface area contributed by atoms with E-state index < -0.39 is 17.1 Å². The van der Waals surface area contributed by atoms with Gasteiger partial charge < -0.3 is 0 Å². The van der Waals surface area contributed by atoms with Crippen molar-refractivity contribution in [2.24, 2.45) is 0 Å². The summed E-state index contributed by atoms with van der Waals surface area (Å²) in [6, 6.07) is 5.38. The van der Waals surface area contributed by atoms with Crippen molar-refractivity contribution in [1.29, 1.82) is 0 Å². The van der Waals surface area contributed by atoms with Gasteiger partial charge in [0.25, 0.3) is 5.56 Å². The first-order valence-corrected chi connectivity index (χ1v) is 7.59. The van der Waals surface area contributed by atoms with Gasteiger partial charge in [0.05, 0.1) is 5.56 Å². The van der Waals surface area contributed by atoms with Gasteiger partial charge in [0, 0.05) is 12.3 Å². The lowest BCUT2D eigenvalue weighted by atomic mass is 10.1. The summed E-state index contributed by atoms with van der Waals surface area (Å²) in [5.41, 5.74) is -0.373. The highest BCUT2D eigenvalue weighted by molar-refractivity contribution is 7.98. The Balaban J connectivity index is 2.61. The summed E-state index contributed by atoms with van der Waals surface area (Å²) in [6.45, 7) is 0.292. The zero-order valence-corrected chi connectivity index (χ0v) is 12.2. The number of H-pyrrole nitrogens is 1. The third-order valence-corrected chi connectivity index (χ3v) is 3.67. The quantitative estimate of drug-likeness (QED) is 0.881. The van der Waals surface area contributed by atoms with E-state index in [1.807, 2.05) is 6.26 Å². The van der Waals surface area contributed by atoms with Crippen LogP contribution in [0.15, 0.2) is 33.9 Å². The Morgan fingerprint density at radius 2 is 1.95 bits per heavy atom. The third kappa shape index (κ3) is 2.96. The molecule has 7 heteroatoms. The highest BCUT2D eigenvalue weighted by Gasteiger charge is 2.14. The monoisotopic (exact) mass is 314 g/mol. The van der Waals surface area contributed by atoms with Crippen LogP contribution in [0.5, 0.6) is 0 Å². The third-order valence-electron chi connectivity index (χ3n) is 2.79. The minimum Gasteiger partial charge on any atom is -0.297 e. The molecule has 1 N–H and O–H groups in total. The van der Waals surface area contributed by atoms with Crippen LogP contribution in [0.1, 0.15) is 0 Å². The van der Waals surface area contributed by atoms with E-state index in [2.05, 4.69) is 4.98 Å². The van der Waals surface area contributed by atoms with Gasteiger partial charge in [-0.1, -0.05) is 23.7 Å². The Labute approximate surface area is 123 Å². The van der Waals surface area contributed by atoms with Gasteiger partial charge in [-0.15, -0.1) is 0 Å². The van der Waals surface area contributed by atoms with E-state index >= 15 is 0 Å². The van der Waals surface area contributed by atoms with Crippen molar-refractivity contribution in [1.82, 2.24) is 9.55 Å². The number of hydrogen-bond acceptors (Lipinski definition) is 3. The molecule has 4 nitrogen and oxygen atoms in total. The average molecular weight is 315 g/mol. The van der Waals surface area contributed by atoms with Crippen molar-refractivity contribution in [2.45, 2.75) is 6.54 Å². The molecular formula is C13H12ClFN2O2S. The molecule has 2 rings (SSSR count). The zero-order chi connectivity index (χ0) is 14.7. The van der Waals surface area contributed by atoms with Gasteiger partial charge in [0.15, 0.2) is 0 Å². The lowest BCUT2D eigenvalue weighted by Gasteiger charge is -2.08. The van der Waals surface area contributed by atoms with Gasteiger partial charge in [0.2, 0.25) is 0 Å². The first kappa shape index (κ1) is 14.9. The molecule has 0 bridgehead atoms. The summed E-state index contributed by atoms with van der Waals surface area (Å²) in [7, 11) is 0. The molecule has 106 valence electrons. The number of nitrogens with one attached hydrogen (secondary N) is 1. The Kier molecular flexibility index (Phi) is 4.67. The number of aromatic nitrogens is 2. The number of nitrogens with zero attached hydrogens (tertiary/aromatic N) is 1. The molecule has 1 heterocycles. The van der Waals surface area contributed by atoms with Crippen molar-refractivity contribution in [3.8, 4) is 11.1 Å². The predicted molar refractivity (Wildman–Crippen MR) is 80.1 cm³/mol. The summed E-state index contributed by atoms with van der Waals surface area (Å²) in [4.78, 5) is 26.6.